The maximum atomic E-state index is 12.1. The number of benzene rings is 2. The van der Waals surface area contributed by atoms with Crippen molar-refractivity contribution < 1.29 is 18.7 Å². The van der Waals surface area contributed by atoms with Crippen molar-refractivity contribution in [1.82, 2.24) is 10.2 Å². The highest BCUT2D eigenvalue weighted by Gasteiger charge is 2.13. The molecular weight excluding hydrogens is 437 g/mol. The Balaban J connectivity index is 1.56. The number of carbonyl (C=O) groups is 1. The molecule has 1 N–H and O–H groups in total. The van der Waals surface area contributed by atoms with Crippen LogP contribution in [0.3, 0.4) is 0 Å². The molecule has 0 saturated carbocycles. The first kappa shape index (κ1) is 21.3. The van der Waals surface area contributed by atoms with E-state index < -0.39 is 0 Å². The van der Waals surface area contributed by atoms with E-state index in [9.17, 15) is 4.79 Å². The molecule has 29 heavy (non-hydrogen) atoms. The topological polar surface area (TPSA) is 86.5 Å². The number of thioether (sulfide) groups is 1. The number of ether oxygens (including phenoxy) is 2. The quantitative estimate of drug-likeness (QED) is 0.493. The monoisotopic (exact) mass is 453 g/mol. The Labute approximate surface area is 181 Å². The molecule has 2 aromatic carbocycles. The summed E-state index contributed by atoms with van der Waals surface area (Å²) in [5.74, 6) is 1.51. The van der Waals surface area contributed by atoms with E-state index in [0.29, 0.717) is 44.8 Å². The van der Waals surface area contributed by atoms with Crippen molar-refractivity contribution in [3.05, 3.63) is 57.9 Å². The molecule has 0 unspecified atom stereocenters. The highest BCUT2D eigenvalue weighted by Crippen LogP contribution is 2.30. The third-order valence-corrected chi connectivity index (χ3v) is 5.44. The molecule has 3 aromatic rings. The van der Waals surface area contributed by atoms with Crippen molar-refractivity contribution in [2.75, 3.05) is 25.3 Å². The van der Waals surface area contributed by atoms with E-state index >= 15 is 0 Å². The number of hydrogen-bond donors (Lipinski definition) is 1. The van der Waals surface area contributed by atoms with Crippen LogP contribution in [0.5, 0.6) is 11.5 Å². The number of amides is 1. The van der Waals surface area contributed by atoms with Gasteiger partial charge in [-0.3, -0.25) is 4.79 Å². The lowest BCUT2D eigenvalue weighted by Gasteiger charge is -2.08. The number of rotatable bonds is 8. The maximum absolute atomic E-state index is 12.1. The SMILES string of the molecule is COc1ccc(Cc2nnc(SCC(=O)Nc3cccc(Cl)c3Cl)o2)cc1OC. The van der Waals surface area contributed by atoms with Crippen molar-refractivity contribution in [2.24, 2.45) is 0 Å². The van der Waals surface area contributed by atoms with Gasteiger partial charge < -0.3 is 19.2 Å². The van der Waals surface area contributed by atoms with Crippen molar-refractivity contribution in [1.29, 1.82) is 0 Å². The molecule has 0 aliphatic rings. The Kier molecular flexibility index (Phi) is 7.24. The zero-order valence-electron chi connectivity index (χ0n) is 15.6. The molecule has 0 fully saturated rings. The minimum Gasteiger partial charge on any atom is -0.493 e. The van der Waals surface area contributed by atoms with E-state index in [4.69, 9.17) is 37.1 Å². The first-order valence-electron chi connectivity index (χ1n) is 8.40. The van der Waals surface area contributed by atoms with Crippen LogP contribution in [0.1, 0.15) is 11.5 Å². The first-order valence-corrected chi connectivity index (χ1v) is 10.1. The van der Waals surface area contributed by atoms with Gasteiger partial charge in [-0.05, 0) is 29.8 Å². The van der Waals surface area contributed by atoms with Crippen LogP contribution in [0.2, 0.25) is 10.0 Å². The van der Waals surface area contributed by atoms with Crippen LogP contribution >= 0.6 is 35.0 Å². The van der Waals surface area contributed by atoms with Gasteiger partial charge in [0.2, 0.25) is 11.8 Å². The van der Waals surface area contributed by atoms with Gasteiger partial charge in [-0.1, -0.05) is 47.1 Å². The summed E-state index contributed by atoms with van der Waals surface area (Å²) in [5, 5.41) is 11.6. The Morgan fingerprint density at radius 3 is 2.69 bits per heavy atom. The van der Waals surface area contributed by atoms with Crippen LogP contribution in [-0.4, -0.2) is 36.1 Å². The Hall–Kier alpha value is -2.42. The molecule has 0 atom stereocenters. The summed E-state index contributed by atoms with van der Waals surface area (Å²) in [6, 6.07) is 10.6. The largest absolute Gasteiger partial charge is 0.493 e. The molecular formula is C19H17Cl2N3O4S. The van der Waals surface area contributed by atoms with Gasteiger partial charge in [0.15, 0.2) is 11.5 Å². The van der Waals surface area contributed by atoms with Crippen molar-refractivity contribution in [3.63, 3.8) is 0 Å². The molecule has 0 aliphatic carbocycles. The van der Waals surface area contributed by atoms with Gasteiger partial charge in [0, 0.05) is 0 Å². The summed E-state index contributed by atoms with van der Waals surface area (Å²) in [6.07, 6.45) is 0.429. The number of carbonyl (C=O) groups excluding carboxylic acids is 1. The molecule has 0 radical (unpaired) electrons. The number of anilines is 1. The number of nitrogens with one attached hydrogen (secondary N) is 1. The summed E-state index contributed by atoms with van der Waals surface area (Å²) < 4.78 is 16.1. The smallest absolute Gasteiger partial charge is 0.277 e. The van der Waals surface area contributed by atoms with E-state index in [1.54, 1.807) is 32.4 Å². The Morgan fingerprint density at radius 2 is 1.93 bits per heavy atom. The molecule has 10 heteroatoms. The number of methoxy groups -OCH3 is 2. The second-order valence-electron chi connectivity index (χ2n) is 5.77. The summed E-state index contributed by atoms with van der Waals surface area (Å²) in [7, 11) is 3.15. The van der Waals surface area contributed by atoms with Gasteiger partial charge >= 0.3 is 0 Å². The Morgan fingerprint density at radius 1 is 1.14 bits per heavy atom. The third-order valence-electron chi connectivity index (χ3n) is 3.80. The highest BCUT2D eigenvalue weighted by atomic mass is 35.5. The van der Waals surface area contributed by atoms with Gasteiger partial charge in [-0.15, -0.1) is 10.2 Å². The minimum absolute atomic E-state index is 0.0842. The van der Waals surface area contributed by atoms with E-state index in [-0.39, 0.29) is 11.7 Å². The maximum Gasteiger partial charge on any atom is 0.277 e. The van der Waals surface area contributed by atoms with E-state index in [1.807, 2.05) is 18.2 Å². The molecule has 1 heterocycles. The van der Waals surface area contributed by atoms with Gasteiger partial charge in [0.1, 0.15) is 0 Å². The summed E-state index contributed by atoms with van der Waals surface area (Å²) in [6.45, 7) is 0. The van der Waals surface area contributed by atoms with Crippen LogP contribution in [-0.2, 0) is 11.2 Å². The van der Waals surface area contributed by atoms with E-state index in [2.05, 4.69) is 15.5 Å². The zero-order chi connectivity index (χ0) is 20.8. The zero-order valence-corrected chi connectivity index (χ0v) is 17.9. The number of hydrogen-bond acceptors (Lipinski definition) is 7. The molecule has 0 aliphatic heterocycles. The molecule has 152 valence electrons. The van der Waals surface area contributed by atoms with Crippen LogP contribution in [0.4, 0.5) is 5.69 Å². The fourth-order valence-electron chi connectivity index (χ4n) is 2.45. The summed E-state index contributed by atoms with van der Waals surface area (Å²) in [4.78, 5) is 12.1. The van der Waals surface area contributed by atoms with Gasteiger partial charge in [0.05, 0.1) is 42.1 Å². The van der Waals surface area contributed by atoms with Crippen LogP contribution < -0.4 is 14.8 Å². The predicted molar refractivity (Wildman–Crippen MR) is 112 cm³/mol. The van der Waals surface area contributed by atoms with E-state index in [1.165, 1.54) is 0 Å². The van der Waals surface area contributed by atoms with Crippen molar-refractivity contribution >= 4 is 46.6 Å². The molecule has 1 aromatic heterocycles. The Bertz CT molecular complexity index is 1010. The summed E-state index contributed by atoms with van der Waals surface area (Å²) >= 11 is 13.1. The molecule has 3 rings (SSSR count). The van der Waals surface area contributed by atoms with Gasteiger partial charge in [0.25, 0.3) is 5.22 Å². The second kappa shape index (κ2) is 9.87. The first-order chi connectivity index (χ1) is 14.0. The van der Waals surface area contributed by atoms with Crippen molar-refractivity contribution in [2.45, 2.75) is 11.6 Å². The van der Waals surface area contributed by atoms with Crippen LogP contribution in [0.25, 0.3) is 0 Å². The molecule has 0 bridgehead atoms. The molecule has 7 nitrogen and oxygen atoms in total. The van der Waals surface area contributed by atoms with Gasteiger partial charge in [-0.25, -0.2) is 0 Å². The highest BCUT2D eigenvalue weighted by molar-refractivity contribution is 7.99. The number of nitrogens with zero attached hydrogens (tertiary/aromatic N) is 2. The van der Waals surface area contributed by atoms with Crippen LogP contribution in [0, 0.1) is 0 Å². The molecule has 0 spiro atoms. The fourth-order valence-corrected chi connectivity index (χ4v) is 3.38. The molecule has 0 saturated heterocycles. The fraction of sp³-hybridized carbons (Fsp3) is 0.211. The number of halogens is 2. The normalized spacial score (nSPS) is 10.6. The third kappa shape index (κ3) is 5.56. The predicted octanol–water partition coefficient (Wildman–Crippen LogP) is 4.72. The second-order valence-corrected chi connectivity index (χ2v) is 7.48. The average Bonchev–Trinajstić information content (AvgIpc) is 3.17. The standard InChI is InChI=1S/C19H17Cl2N3O4S/c1-26-14-7-6-11(8-15(14)27-2)9-17-23-24-19(28-17)29-10-16(25)22-13-5-3-4-12(20)18(13)21/h3-8H,9-10H2,1-2H3,(H,22,25). The lowest BCUT2D eigenvalue weighted by atomic mass is 10.1. The summed E-state index contributed by atoms with van der Waals surface area (Å²) in [5.41, 5.74) is 1.38. The lowest BCUT2D eigenvalue weighted by Crippen LogP contribution is -2.14. The lowest BCUT2D eigenvalue weighted by molar-refractivity contribution is -0.113. The van der Waals surface area contributed by atoms with Crippen LogP contribution in [0.15, 0.2) is 46.0 Å². The molecule has 1 amide bonds. The number of aromatic nitrogens is 2. The minimum atomic E-state index is -0.265. The van der Waals surface area contributed by atoms with Crippen molar-refractivity contribution in [3.8, 4) is 11.5 Å². The van der Waals surface area contributed by atoms with Gasteiger partial charge in [-0.2, -0.15) is 0 Å². The average molecular weight is 454 g/mol. The van der Waals surface area contributed by atoms with E-state index in [0.717, 1.165) is 17.3 Å².